The van der Waals surface area contributed by atoms with Crippen molar-refractivity contribution < 1.29 is 18.7 Å². The van der Waals surface area contributed by atoms with Gasteiger partial charge in [0.1, 0.15) is 22.8 Å². The van der Waals surface area contributed by atoms with E-state index in [1.165, 1.54) is 14.2 Å². The molecule has 130 valence electrons. The Morgan fingerprint density at radius 1 is 1.12 bits per heavy atom. The zero-order chi connectivity index (χ0) is 18.0. The van der Waals surface area contributed by atoms with E-state index >= 15 is 0 Å². The lowest BCUT2D eigenvalue weighted by molar-refractivity contribution is 0.102. The van der Waals surface area contributed by atoms with Crippen LogP contribution in [0.3, 0.4) is 0 Å². The van der Waals surface area contributed by atoms with E-state index in [9.17, 15) is 4.79 Å². The number of methoxy groups -OCH3 is 2. The number of carbonyl (C=O) groups is 1. The summed E-state index contributed by atoms with van der Waals surface area (Å²) >= 11 is 0. The average molecular weight is 341 g/mol. The molecule has 7 nitrogen and oxygen atoms in total. The van der Waals surface area contributed by atoms with Gasteiger partial charge in [-0.1, -0.05) is 6.07 Å². The molecule has 2 N–H and O–H groups in total. The summed E-state index contributed by atoms with van der Waals surface area (Å²) in [7, 11) is 3.01. The van der Waals surface area contributed by atoms with Crippen LogP contribution in [0.25, 0.3) is 11.5 Å². The molecular weight excluding hydrogens is 322 g/mol. The lowest BCUT2D eigenvalue weighted by Gasteiger charge is -2.13. The van der Waals surface area contributed by atoms with Crippen molar-refractivity contribution in [3.8, 4) is 23.0 Å². The molecule has 0 aliphatic carbocycles. The Hall–Kier alpha value is -3.22. The van der Waals surface area contributed by atoms with Crippen LogP contribution in [-0.2, 0) is 0 Å². The second-order valence-corrected chi connectivity index (χ2v) is 5.47. The number of hydrogen-bond acceptors (Lipinski definition) is 5. The Bertz CT molecular complexity index is 889. The fourth-order valence-corrected chi connectivity index (χ4v) is 2.57. The lowest BCUT2D eigenvalue weighted by atomic mass is 10.1. The van der Waals surface area contributed by atoms with Gasteiger partial charge < -0.3 is 19.2 Å². The van der Waals surface area contributed by atoms with E-state index in [2.05, 4.69) is 15.5 Å². The molecule has 25 heavy (non-hydrogen) atoms. The summed E-state index contributed by atoms with van der Waals surface area (Å²) in [6.07, 6.45) is 0. The molecule has 7 heteroatoms. The predicted molar refractivity (Wildman–Crippen MR) is 93.3 cm³/mol. The highest BCUT2D eigenvalue weighted by atomic mass is 16.5. The van der Waals surface area contributed by atoms with Crippen molar-refractivity contribution in [2.24, 2.45) is 0 Å². The molecule has 0 atom stereocenters. The van der Waals surface area contributed by atoms with E-state index < -0.39 is 0 Å². The Kier molecular flexibility index (Phi) is 4.47. The Balaban J connectivity index is 1.99. The third kappa shape index (κ3) is 3.08. The summed E-state index contributed by atoms with van der Waals surface area (Å²) in [6.45, 7) is 3.67. The number of aryl methyl sites for hydroxylation is 2. The number of anilines is 1. The van der Waals surface area contributed by atoms with Crippen molar-refractivity contribution >= 4 is 11.6 Å². The molecule has 0 radical (unpaired) electrons. The van der Waals surface area contributed by atoms with Crippen molar-refractivity contribution in [3.63, 3.8) is 0 Å². The average Bonchev–Trinajstić information content (AvgIpc) is 3.20. The zero-order valence-electron chi connectivity index (χ0n) is 14.5. The van der Waals surface area contributed by atoms with E-state index in [1.807, 2.05) is 26.0 Å². The van der Waals surface area contributed by atoms with Crippen LogP contribution in [0, 0.1) is 13.8 Å². The van der Waals surface area contributed by atoms with Crippen molar-refractivity contribution in [1.82, 2.24) is 10.2 Å². The first kappa shape index (κ1) is 16.6. The zero-order valence-corrected chi connectivity index (χ0v) is 14.5. The van der Waals surface area contributed by atoms with Crippen molar-refractivity contribution in [3.05, 3.63) is 47.3 Å². The number of ether oxygens (including phenoxy) is 2. The second kappa shape index (κ2) is 6.72. The van der Waals surface area contributed by atoms with Gasteiger partial charge in [0, 0.05) is 0 Å². The van der Waals surface area contributed by atoms with Crippen LogP contribution in [0.5, 0.6) is 11.5 Å². The van der Waals surface area contributed by atoms with Gasteiger partial charge in [0.15, 0.2) is 11.5 Å². The van der Waals surface area contributed by atoms with Crippen LogP contribution < -0.4 is 14.8 Å². The fourth-order valence-electron chi connectivity index (χ4n) is 2.57. The third-order valence-corrected chi connectivity index (χ3v) is 3.81. The van der Waals surface area contributed by atoms with E-state index in [1.54, 1.807) is 18.2 Å². The summed E-state index contributed by atoms with van der Waals surface area (Å²) in [5, 5.41) is 9.99. The Morgan fingerprint density at radius 2 is 1.80 bits per heavy atom. The first-order valence-electron chi connectivity index (χ1n) is 7.69. The van der Waals surface area contributed by atoms with Gasteiger partial charge in [0.25, 0.3) is 5.91 Å². The predicted octanol–water partition coefficient (Wildman–Crippen LogP) is 3.56. The number of nitrogens with one attached hydrogen (secondary N) is 2. The lowest BCUT2D eigenvalue weighted by Crippen LogP contribution is -2.15. The number of amides is 1. The van der Waals surface area contributed by atoms with Gasteiger partial charge in [-0.2, -0.15) is 5.10 Å². The Labute approximate surface area is 145 Å². The summed E-state index contributed by atoms with van der Waals surface area (Å²) in [5.41, 5.74) is 2.11. The number of H-pyrrole nitrogens is 1. The normalized spacial score (nSPS) is 10.6. The highest BCUT2D eigenvalue weighted by Gasteiger charge is 2.22. The first-order valence-corrected chi connectivity index (χ1v) is 7.69. The summed E-state index contributed by atoms with van der Waals surface area (Å²) in [5.74, 6) is 1.83. The molecule has 3 aromatic rings. The monoisotopic (exact) mass is 341 g/mol. The number of hydrogen-bond donors (Lipinski definition) is 2. The summed E-state index contributed by atoms with van der Waals surface area (Å²) in [6, 6.07) is 8.82. The van der Waals surface area contributed by atoms with E-state index in [0.717, 1.165) is 5.76 Å². The van der Waals surface area contributed by atoms with E-state index in [0.29, 0.717) is 39.9 Å². The Morgan fingerprint density at radius 3 is 2.36 bits per heavy atom. The molecule has 1 amide bonds. The van der Waals surface area contributed by atoms with Gasteiger partial charge in [-0.3, -0.25) is 9.89 Å². The van der Waals surface area contributed by atoms with Crippen LogP contribution in [-0.4, -0.2) is 30.3 Å². The number of nitrogens with zero attached hydrogens (tertiary/aromatic N) is 1. The van der Waals surface area contributed by atoms with Crippen molar-refractivity contribution in [2.75, 3.05) is 19.5 Å². The van der Waals surface area contributed by atoms with Crippen molar-refractivity contribution in [1.29, 1.82) is 0 Å². The highest BCUT2D eigenvalue weighted by molar-refractivity contribution is 6.09. The molecule has 0 saturated carbocycles. The standard InChI is InChI=1S/C18H19N3O4/c1-10-8-9-14(25-10)17-16(11(2)20-21-17)19-18(22)15-12(23-3)6-5-7-13(15)24-4/h5-9H,1-4H3,(H,19,22)(H,20,21). The first-order chi connectivity index (χ1) is 12.0. The minimum Gasteiger partial charge on any atom is -0.496 e. The van der Waals surface area contributed by atoms with Crippen LogP contribution in [0.4, 0.5) is 5.69 Å². The van der Waals surface area contributed by atoms with E-state index in [-0.39, 0.29) is 5.91 Å². The van der Waals surface area contributed by atoms with Gasteiger partial charge in [0.2, 0.25) is 0 Å². The maximum absolute atomic E-state index is 12.9. The molecule has 2 heterocycles. The molecule has 2 aromatic heterocycles. The fraction of sp³-hybridized carbons (Fsp3) is 0.222. The molecule has 0 aliphatic rings. The highest BCUT2D eigenvalue weighted by Crippen LogP contribution is 2.33. The van der Waals surface area contributed by atoms with Crippen LogP contribution in [0.2, 0.25) is 0 Å². The molecule has 0 saturated heterocycles. The van der Waals surface area contributed by atoms with Gasteiger partial charge in [-0.25, -0.2) is 0 Å². The van der Waals surface area contributed by atoms with Crippen LogP contribution in [0.15, 0.2) is 34.7 Å². The second-order valence-electron chi connectivity index (χ2n) is 5.47. The molecule has 3 rings (SSSR count). The number of carbonyl (C=O) groups excluding carboxylic acids is 1. The minimum atomic E-state index is -0.358. The smallest absolute Gasteiger partial charge is 0.263 e. The van der Waals surface area contributed by atoms with Gasteiger partial charge in [-0.05, 0) is 38.1 Å². The minimum absolute atomic E-state index is 0.315. The van der Waals surface area contributed by atoms with Crippen molar-refractivity contribution in [2.45, 2.75) is 13.8 Å². The van der Waals surface area contributed by atoms with Gasteiger partial charge in [0.05, 0.1) is 25.6 Å². The number of benzene rings is 1. The summed E-state index contributed by atoms with van der Waals surface area (Å²) < 4.78 is 16.2. The molecule has 0 unspecified atom stereocenters. The topological polar surface area (TPSA) is 89.4 Å². The maximum Gasteiger partial charge on any atom is 0.263 e. The quantitative estimate of drug-likeness (QED) is 0.741. The van der Waals surface area contributed by atoms with E-state index in [4.69, 9.17) is 13.9 Å². The number of aromatic nitrogens is 2. The van der Waals surface area contributed by atoms with Gasteiger partial charge >= 0.3 is 0 Å². The van der Waals surface area contributed by atoms with Crippen LogP contribution in [0.1, 0.15) is 21.8 Å². The molecule has 0 fully saturated rings. The molecule has 0 spiro atoms. The summed E-state index contributed by atoms with van der Waals surface area (Å²) in [4.78, 5) is 12.9. The molecule has 0 bridgehead atoms. The number of rotatable bonds is 5. The number of aromatic amines is 1. The SMILES string of the molecule is COc1cccc(OC)c1C(=O)Nc1c(-c2ccc(C)o2)n[nH]c1C. The molecule has 0 aliphatic heterocycles. The molecular formula is C18H19N3O4. The maximum atomic E-state index is 12.9. The largest absolute Gasteiger partial charge is 0.496 e. The third-order valence-electron chi connectivity index (χ3n) is 3.81. The number of furan rings is 1. The van der Waals surface area contributed by atoms with Crippen LogP contribution >= 0.6 is 0 Å². The van der Waals surface area contributed by atoms with Gasteiger partial charge in [-0.15, -0.1) is 0 Å². The molecule has 1 aromatic carbocycles.